The van der Waals surface area contributed by atoms with Crippen molar-refractivity contribution < 1.29 is 54.2 Å². The van der Waals surface area contributed by atoms with Gasteiger partial charge in [0.1, 0.15) is 18.2 Å². The fourth-order valence-corrected chi connectivity index (χ4v) is 3.81. The Bertz CT molecular complexity index is 1020. The average molecular weight is 585 g/mol. The largest absolute Gasteiger partial charge is 0.481 e. The molecule has 0 bridgehead atoms. The van der Waals surface area contributed by atoms with E-state index in [1.54, 1.807) is 44.2 Å². The second-order valence-electron chi connectivity index (χ2n) is 9.87. The first kappa shape index (κ1) is 35.4. The molecule has 3 amide bonds. The van der Waals surface area contributed by atoms with Crippen molar-refractivity contribution in [1.29, 1.82) is 0 Å². The monoisotopic (exact) mass is 584 g/mol. The first-order valence-electron chi connectivity index (χ1n) is 12.9. The zero-order valence-corrected chi connectivity index (χ0v) is 23.1. The Balaban J connectivity index is 2.95. The number of aliphatic hydroxyl groups is 4. The molecule has 41 heavy (non-hydrogen) atoms. The molecule has 10 N–H and O–H groups in total. The summed E-state index contributed by atoms with van der Waals surface area (Å²) < 4.78 is 4.47. The number of nitrogens with one attached hydrogen (secondary N) is 3. The third-order valence-electron chi connectivity index (χ3n) is 6.07. The minimum Gasteiger partial charge on any atom is -0.481 e. The second-order valence-corrected chi connectivity index (χ2v) is 9.87. The molecule has 1 rings (SSSR count). The van der Waals surface area contributed by atoms with Crippen LogP contribution in [0.5, 0.6) is 0 Å². The number of esters is 1. The van der Waals surface area contributed by atoms with Gasteiger partial charge in [0.05, 0.1) is 44.7 Å². The molecule has 0 aliphatic rings. The number of rotatable bonds is 17. The Morgan fingerprint density at radius 2 is 1.49 bits per heavy atom. The van der Waals surface area contributed by atoms with E-state index < -0.39 is 91.6 Å². The summed E-state index contributed by atoms with van der Waals surface area (Å²) in [6.45, 7) is 2.57. The van der Waals surface area contributed by atoms with Gasteiger partial charge >= 0.3 is 11.9 Å². The Labute approximate surface area is 237 Å². The van der Waals surface area contributed by atoms with Gasteiger partial charge in [-0.15, -0.1) is 0 Å². The van der Waals surface area contributed by atoms with Crippen molar-refractivity contribution in [3.63, 3.8) is 0 Å². The average Bonchev–Trinajstić information content (AvgIpc) is 2.93. The number of carboxylic acid groups (broad SMARTS) is 1. The molecule has 0 radical (unpaired) electrons. The molecule has 0 saturated heterocycles. The predicted octanol–water partition coefficient (Wildman–Crippen LogP) is -2.70. The van der Waals surface area contributed by atoms with Gasteiger partial charge in [-0.05, 0) is 17.9 Å². The normalized spacial score (nSPS) is 16.3. The molecular weight excluding hydrogens is 544 g/mol. The van der Waals surface area contributed by atoms with Crippen LogP contribution >= 0.6 is 0 Å². The van der Waals surface area contributed by atoms with Crippen LogP contribution < -0.4 is 21.7 Å². The quantitative estimate of drug-likeness (QED) is 0.0848. The highest BCUT2D eigenvalue weighted by Gasteiger charge is 2.37. The van der Waals surface area contributed by atoms with Crippen molar-refractivity contribution in [3.05, 3.63) is 35.9 Å². The Morgan fingerprint density at radius 3 is 2.00 bits per heavy atom. The van der Waals surface area contributed by atoms with Crippen molar-refractivity contribution in [2.24, 2.45) is 11.7 Å². The lowest BCUT2D eigenvalue weighted by molar-refractivity contribution is -0.145. The summed E-state index contributed by atoms with van der Waals surface area (Å²) >= 11 is 0. The molecule has 0 unspecified atom stereocenters. The van der Waals surface area contributed by atoms with Crippen molar-refractivity contribution in [2.75, 3.05) is 13.7 Å². The molecule has 1 aromatic rings. The molecular formula is C26H40N4O11. The number of aliphatic hydroxyl groups excluding tert-OH is 4. The van der Waals surface area contributed by atoms with E-state index in [1.807, 2.05) is 0 Å². The topological polar surface area (TPSA) is 258 Å². The van der Waals surface area contributed by atoms with Crippen LogP contribution in [0, 0.1) is 5.92 Å². The zero-order valence-electron chi connectivity index (χ0n) is 23.1. The van der Waals surface area contributed by atoms with E-state index in [9.17, 15) is 49.5 Å². The van der Waals surface area contributed by atoms with E-state index >= 15 is 0 Å². The number of hydrogen-bond acceptors (Lipinski definition) is 11. The molecule has 15 heteroatoms. The number of ether oxygens (including phenoxy) is 1. The third kappa shape index (κ3) is 11.8. The second kappa shape index (κ2) is 17.2. The number of carbonyl (C=O) groups is 5. The maximum Gasteiger partial charge on any atom is 0.307 e. The smallest absolute Gasteiger partial charge is 0.307 e. The molecule has 0 saturated carbocycles. The Morgan fingerprint density at radius 1 is 0.878 bits per heavy atom. The van der Waals surface area contributed by atoms with Crippen LogP contribution in [-0.2, 0) is 28.7 Å². The van der Waals surface area contributed by atoms with Crippen molar-refractivity contribution >= 4 is 29.7 Å². The van der Waals surface area contributed by atoms with Crippen LogP contribution in [0.3, 0.4) is 0 Å². The highest BCUT2D eigenvalue weighted by atomic mass is 16.5. The Hall–Kier alpha value is -3.63. The van der Waals surface area contributed by atoms with E-state index in [-0.39, 0.29) is 12.3 Å². The van der Waals surface area contributed by atoms with Crippen molar-refractivity contribution in [3.8, 4) is 0 Å². The van der Waals surface area contributed by atoms with Crippen LogP contribution in [0.25, 0.3) is 0 Å². The molecule has 230 valence electrons. The molecule has 0 aromatic heterocycles. The summed E-state index contributed by atoms with van der Waals surface area (Å²) in [6, 6.07) is 2.80. The molecule has 15 nitrogen and oxygen atoms in total. The minimum atomic E-state index is -2.28. The number of carboxylic acids is 1. The molecule has 1 aromatic carbocycles. The number of amides is 3. The summed E-state index contributed by atoms with van der Waals surface area (Å²) in [5.74, 6) is -5.04. The van der Waals surface area contributed by atoms with Gasteiger partial charge in [-0.2, -0.15) is 0 Å². The third-order valence-corrected chi connectivity index (χ3v) is 6.07. The van der Waals surface area contributed by atoms with E-state index in [2.05, 4.69) is 20.7 Å². The van der Waals surface area contributed by atoms with Gasteiger partial charge in [0.15, 0.2) is 6.10 Å². The molecule has 7 atom stereocenters. The summed E-state index contributed by atoms with van der Waals surface area (Å²) in [6.07, 6.45) is -7.47. The number of benzene rings is 1. The van der Waals surface area contributed by atoms with Gasteiger partial charge in [-0.1, -0.05) is 44.2 Å². The fraction of sp³-hybridized carbons (Fsp3) is 0.577. The van der Waals surface area contributed by atoms with Crippen LogP contribution in [0.2, 0.25) is 0 Å². The van der Waals surface area contributed by atoms with Crippen LogP contribution in [0.4, 0.5) is 0 Å². The minimum absolute atomic E-state index is 0.0921. The van der Waals surface area contributed by atoms with E-state index in [1.165, 1.54) is 0 Å². The van der Waals surface area contributed by atoms with Crippen molar-refractivity contribution in [2.45, 2.75) is 75.6 Å². The highest BCUT2D eigenvalue weighted by Crippen LogP contribution is 2.18. The van der Waals surface area contributed by atoms with Gasteiger partial charge in [-0.3, -0.25) is 24.0 Å². The summed E-state index contributed by atoms with van der Waals surface area (Å²) in [4.78, 5) is 60.7. The molecule has 0 aliphatic carbocycles. The summed E-state index contributed by atoms with van der Waals surface area (Å²) in [5, 5.41) is 57.4. The predicted molar refractivity (Wildman–Crippen MR) is 143 cm³/mol. The maximum absolute atomic E-state index is 13.0. The van der Waals surface area contributed by atoms with Crippen LogP contribution in [-0.4, -0.2) is 105 Å². The van der Waals surface area contributed by atoms with Gasteiger partial charge in [0, 0.05) is 0 Å². The molecule has 0 spiro atoms. The molecule has 0 aliphatic heterocycles. The van der Waals surface area contributed by atoms with Gasteiger partial charge in [0.25, 0.3) is 5.91 Å². The van der Waals surface area contributed by atoms with E-state index in [0.29, 0.717) is 5.56 Å². The Kier molecular flexibility index (Phi) is 14.9. The lowest BCUT2D eigenvalue weighted by atomic mass is 9.98. The zero-order chi connectivity index (χ0) is 31.3. The van der Waals surface area contributed by atoms with E-state index in [0.717, 1.165) is 7.11 Å². The van der Waals surface area contributed by atoms with Gasteiger partial charge in [0.2, 0.25) is 11.8 Å². The molecule has 0 fully saturated rings. The van der Waals surface area contributed by atoms with Gasteiger partial charge in [-0.25, -0.2) is 0 Å². The first-order chi connectivity index (χ1) is 19.2. The standard InChI is InChI=1S/C26H40N4O11/c1-13(2)9-17(29-24(38)15(27)10-20(34)41-3)25(39)30-18(12-31)21(35)22(36)23(37)26(40)28-16(11-19(32)33)14-7-5-4-6-8-14/h4-8,13,15-18,21-23,31,35-37H,9-12,27H2,1-3H3,(H,28,40)(H,29,38)(H,30,39)(H,32,33)/t15-,16-,17-,18-,21+,22+,23-/m0/s1. The van der Waals surface area contributed by atoms with E-state index in [4.69, 9.17) is 5.73 Å². The van der Waals surface area contributed by atoms with Crippen LogP contribution in [0.1, 0.15) is 44.7 Å². The number of aliphatic carboxylic acids is 1. The molecule has 0 heterocycles. The number of methoxy groups -OCH3 is 1. The summed E-state index contributed by atoms with van der Waals surface area (Å²) in [5.41, 5.74) is 6.10. The lowest BCUT2D eigenvalue weighted by Crippen LogP contribution is -2.60. The number of hydrogen-bond donors (Lipinski definition) is 9. The van der Waals surface area contributed by atoms with Crippen molar-refractivity contribution in [1.82, 2.24) is 16.0 Å². The van der Waals surface area contributed by atoms with Crippen LogP contribution in [0.15, 0.2) is 30.3 Å². The number of carbonyl (C=O) groups excluding carboxylic acids is 4. The highest BCUT2D eigenvalue weighted by molar-refractivity contribution is 5.91. The SMILES string of the molecule is COC(=O)C[C@H](N)C(=O)N[C@@H](CC(C)C)C(=O)N[C@@H](CO)[C@@H](O)[C@@H](O)[C@H](O)C(=O)N[C@@H](CC(=O)O)c1ccccc1. The lowest BCUT2D eigenvalue weighted by Gasteiger charge is -2.31. The maximum atomic E-state index is 13.0. The number of nitrogens with two attached hydrogens (primary N) is 1. The fourth-order valence-electron chi connectivity index (χ4n) is 3.81. The first-order valence-corrected chi connectivity index (χ1v) is 12.9. The van der Waals surface area contributed by atoms with Gasteiger partial charge < -0.3 is 52.0 Å². The summed E-state index contributed by atoms with van der Waals surface area (Å²) in [7, 11) is 1.12.